The zero-order valence-corrected chi connectivity index (χ0v) is 9.42. The molecule has 1 heterocycles. The highest BCUT2D eigenvalue weighted by molar-refractivity contribution is 6.41. The van der Waals surface area contributed by atoms with Gasteiger partial charge in [-0.25, -0.2) is 4.68 Å². The number of halogens is 2. The lowest BCUT2D eigenvalue weighted by Gasteiger charge is -2.04. The van der Waals surface area contributed by atoms with Crippen molar-refractivity contribution in [1.82, 2.24) is 15.1 Å². The SMILES string of the molecule is N#CCNC(=O)Cn1ncc(Cl)c(Cl)c1=O. The number of carbonyl (C=O) groups excluding carboxylic acids is 1. The van der Waals surface area contributed by atoms with E-state index in [2.05, 4.69) is 10.4 Å². The van der Waals surface area contributed by atoms with Crippen LogP contribution in [0.25, 0.3) is 0 Å². The molecule has 0 saturated heterocycles. The number of aromatic nitrogens is 2. The van der Waals surface area contributed by atoms with Gasteiger partial charge in [0, 0.05) is 0 Å². The molecule has 0 unspecified atom stereocenters. The first-order valence-electron chi connectivity index (χ1n) is 4.11. The molecule has 1 aromatic rings. The van der Waals surface area contributed by atoms with Gasteiger partial charge in [-0.05, 0) is 0 Å². The number of hydrogen-bond donors (Lipinski definition) is 1. The molecule has 1 N–H and O–H groups in total. The van der Waals surface area contributed by atoms with E-state index in [1.165, 1.54) is 6.20 Å². The fraction of sp³-hybridized carbons (Fsp3) is 0.250. The van der Waals surface area contributed by atoms with Crippen LogP contribution in [-0.4, -0.2) is 22.2 Å². The molecule has 0 fully saturated rings. The summed E-state index contributed by atoms with van der Waals surface area (Å²) in [4.78, 5) is 22.6. The van der Waals surface area contributed by atoms with Crippen molar-refractivity contribution in [3.8, 4) is 6.07 Å². The molecule has 0 aliphatic rings. The molecule has 8 heteroatoms. The highest BCUT2D eigenvalue weighted by Gasteiger charge is 2.10. The lowest BCUT2D eigenvalue weighted by molar-refractivity contribution is -0.121. The molecule has 0 aliphatic carbocycles. The van der Waals surface area contributed by atoms with Crippen LogP contribution >= 0.6 is 23.2 Å². The van der Waals surface area contributed by atoms with Crippen molar-refractivity contribution >= 4 is 29.1 Å². The summed E-state index contributed by atoms with van der Waals surface area (Å²) in [6, 6.07) is 1.73. The normalized spacial score (nSPS) is 9.56. The Morgan fingerprint density at radius 1 is 1.62 bits per heavy atom. The third kappa shape index (κ3) is 2.95. The van der Waals surface area contributed by atoms with E-state index in [1.807, 2.05) is 0 Å². The summed E-state index contributed by atoms with van der Waals surface area (Å²) in [6.07, 6.45) is 1.17. The minimum absolute atomic E-state index is 0.0281. The molecule has 1 amide bonds. The maximum absolute atomic E-state index is 11.4. The molecule has 0 radical (unpaired) electrons. The van der Waals surface area contributed by atoms with E-state index in [0.717, 1.165) is 4.68 Å². The fourth-order valence-electron chi connectivity index (χ4n) is 0.888. The molecule has 84 valence electrons. The molecule has 16 heavy (non-hydrogen) atoms. The third-order valence-corrected chi connectivity index (χ3v) is 2.35. The van der Waals surface area contributed by atoms with Crippen LogP contribution < -0.4 is 10.9 Å². The summed E-state index contributed by atoms with van der Waals surface area (Å²) >= 11 is 11.1. The molecule has 0 atom stereocenters. The molecule has 1 rings (SSSR count). The largest absolute Gasteiger partial charge is 0.341 e. The van der Waals surface area contributed by atoms with E-state index < -0.39 is 11.5 Å². The summed E-state index contributed by atoms with van der Waals surface area (Å²) in [5.74, 6) is -0.505. The predicted molar refractivity (Wildman–Crippen MR) is 57.1 cm³/mol. The van der Waals surface area contributed by atoms with Crippen molar-refractivity contribution in [1.29, 1.82) is 5.26 Å². The minimum atomic E-state index is -0.652. The first-order chi connectivity index (χ1) is 7.56. The minimum Gasteiger partial charge on any atom is -0.341 e. The number of nitrogens with zero attached hydrogens (tertiary/aromatic N) is 3. The van der Waals surface area contributed by atoms with Crippen LogP contribution in [0, 0.1) is 11.3 Å². The summed E-state index contributed by atoms with van der Waals surface area (Å²) < 4.78 is 0.862. The second-order valence-electron chi connectivity index (χ2n) is 2.70. The number of amides is 1. The van der Waals surface area contributed by atoms with Crippen LogP contribution in [0.3, 0.4) is 0 Å². The first-order valence-corrected chi connectivity index (χ1v) is 4.86. The zero-order chi connectivity index (χ0) is 12.1. The van der Waals surface area contributed by atoms with Gasteiger partial charge >= 0.3 is 0 Å². The van der Waals surface area contributed by atoms with Crippen LogP contribution in [0.5, 0.6) is 0 Å². The van der Waals surface area contributed by atoms with Gasteiger partial charge in [-0.1, -0.05) is 23.2 Å². The van der Waals surface area contributed by atoms with Crippen LogP contribution in [0.4, 0.5) is 0 Å². The van der Waals surface area contributed by atoms with Crippen molar-refractivity contribution in [2.75, 3.05) is 6.54 Å². The molecular weight excluding hydrogens is 255 g/mol. The van der Waals surface area contributed by atoms with Gasteiger partial charge in [0.1, 0.15) is 18.1 Å². The molecule has 0 aliphatic heterocycles. The van der Waals surface area contributed by atoms with Gasteiger partial charge in [0.05, 0.1) is 17.3 Å². The number of nitriles is 1. The van der Waals surface area contributed by atoms with E-state index in [-0.39, 0.29) is 23.1 Å². The van der Waals surface area contributed by atoms with Gasteiger partial charge in [-0.2, -0.15) is 10.4 Å². The van der Waals surface area contributed by atoms with Crippen molar-refractivity contribution in [3.05, 3.63) is 26.6 Å². The Hall–Kier alpha value is -1.58. The van der Waals surface area contributed by atoms with Crippen molar-refractivity contribution in [2.45, 2.75) is 6.54 Å². The van der Waals surface area contributed by atoms with Gasteiger partial charge in [0.15, 0.2) is 0 Å². The third-order valence-electron chi connectivity index (χ3n) is 1.60. The maximum Gasteiger partial charge on any atom is 0.287 e. The molecule has 0 bridgehead atoms. The second-order valence-corrected chi connectivity index (χ2v) is 3.49. The summed E-state index contributed by atoms with van der Waals surface area (Å²) in [6.45, 7) is -0.438. The number of hydrogen-bond acceptors (Lipinski definition) is 4. The average molecular weight is 261 g/mol. The van der Waals surface area contributed by atoms with Gasteiger partial charge < -0.3 is 5.32 Å². The summed E-state index contributed by atoms with van der Waals surface area (Å²) in [5.41, 5.74) is -0.652. The maximum atomic E-state index is 11.4. The molecular formula is C8H6Cl2N4O2. The number of carbonyl (C=O) groups is 1. The smallest absolute Gasteiger partial charge is 0.287 e. The molecule has 1 aromatic heterocycles. The Morgan fingerprint density at radius 3 is 2.94 bits per heavy atom. The van der Waals surface area contributed by atoms with E-state index in [9.17, 15) is 9.59 Å². The highest BCUT2D eigenvalue weighted by Crippen LogP contribution is 2.14. The van der Waals surface area contributed by atoms with Crippen molar-refractivity contribution in [3.63, 3.8) is 0 Å². The monoisotopic (exact) mass is 260 g/mol. The molecule has 0 aromatic carbocycles. The van der Waals surface area contributed by atoms with Crippen LogP contribution in [-0.2, 0) is 11.3 Å². The van der Waals surface area contributed by atoms with Crippen molar-refractivity contribution in [2.24, 2.45) is 0 Å². The molecule has 0 spiro atoms. The highest BCUT2D eigenvalue weighted by atomic mass is 35.5. The fourth-order valence-corrected chi connectivity index (χ4v) is 1.16. The molecule has 0 saturated carbocycles. The average Bonchev–Trinajstić information content (AvgIpc) is 2.27. The first kappa shape index (κ1) is 12.5. The Labute approximate surface area is 100 Å². The second kappa shape index (κ2) is 5.49. The van der Waals surface area contributed by atoms with Crippen LogP contribution in [0.1, 0.15) is 0 Å². The Kier molecular flexibility index (Phi) is 4.28. The Morgan fingerprint density at radius 2 is 2.31 bits per heavy atom. The standard InChI is InChI=1S/C8H6Cl2N4O2/c9-5-3-13-14(8(16)7(5)10)4-6(15)12-2-1-11/h3H,2,4H2,(H,12,15). The van der Waals surface area contributed by atoms with E-state index in [4.69, 9.17) is 28.5 Å². The number of rotatable bonds is 3. The number of nitrogens with one attached hydrogen (secondary N) is 1. The zero-order valence-electron chi connectivity index (χ0n) is 7.91. The van der Waals surface area contributed by atoms with Crippen LogP contribution in [0.2, 0.25) is 10.0 Å². The summed E-state index contributed by atoms with van der Waals surface area (Å²) in [5, 5.41) is 14.0. The summed E-state index contributed by atoms with van der Waals surface area (Å²) in [7, 11) is 0. The van der Waals surface area contributed by atoms with Crippen molar-refractivity contribution < 1.29 is 4.79 Å². The quantitative estimate of drug-likeness (QED) is 0.786. The molecule has 6 nitrogen and oxygen atoms in total. The van der Waals surface area contributed by atoms with Gasteiger partial charge in [0.25, 0.3) is 5.56 Å². The topological polar surface area (TPSA) is 87.8 Å². The Balaban J connectivity index is 2.84. The lowest BCUT2D eigenvalue weighted by Crippen LogP contribution is -2.33. The van der Waals surface area contributed by atoms with E-state index in [1.54, 1.807) is 6.07 Å². The van der Waals surface area contributed by atoms with Gasteiger partial charge in [-0.15, -0.1) is 0 Å². The van der Waals surface area contributed by atoms with Crippen LogP contribution in [0.15, 0.2) is 11.0 Å². The lowest BCUT2D eigenvalue weighted by atomic mass is 10.5. The van der Waals surface area contributed by atoms with E-state index >= 15 is 0 Å². The van der Waals surface area contributed by atoms with Gasteiger partial charge in [-0.3, -0.25) is 9.59 Å². The predicted octanol–water partition coefficient (Wildman–Crippen LogP) is 0.190. The van der Waals surface area contributed by atoms with Gasteiger partial charge in [0.2, 0.25) is 5.91 Å². The van der Waals surface area contributed by atoms with E-state index in [0.29, 0.717) is 0 Å². The Bertz CT molecular complexity index is 506.